The normalized spacial score (nSPS) is 10.6. The quantitative estimate of drug-likeness (QED) is 0.461. The second-order valence-electron chi connectivity index (χ2n) is 1.42. The number of allylic oxidation sites excluding steroid dienone is 2. The van der Waals surface area contributed by atoms with E-state index in [4.69, 9.17) is 9.84 Å². The van der Waals surface area contributed by atoms with E-state index in [9.17, 15) is 0 Å². The third-order valence-corrected chi connectivity index (χ3v) is 0.774. The van der Waals surface area contributed by atoms with E-state index in [1.807, 2.05) is 0 Å². The number of aliphatic hydroxyl groups excluding tert-OH is 1. The maximum Gasteiger partial charge on any atom is 0.159 e. The van der Waals surface area contributed by atoms with Gasteiger partial charge < -0.3 is 9.84 Å². The number of rotatable bonds is 3. The van der Waals surface area contributed by atoms with E-state index in [1.54, 1.807) is 0 Å². The summed E-state index contributed by atoms with van der Waals surface area (Å²) in [5.41, 5.74) is 0. The average Bonchev–Trinajstić information content (AvgIpc) is 1.82. The summed E-state index contributed by atoms with van der Waals surface area (Å²) < 4.78 is 4.69. The van der Waals surface area contributed by atoms with Gasteiger partial charge in [0.05, 0.1) is 7.11 Å². The highest BCUT2D eigenvalue weighted by atomic mass is 16.5. The zero-order chi connectivity index (χ0) is 7.28. The number of hydrogen-bond donors (Lipinski definition) is 1. The maximum absolute atomic E-state index is 8.71. The molecule has 2 nitrogen and oxygen atoms in total. The highest BCUT2D eigenvalue weighted by Crippen LogP contribution is 2.03. The average molecular weight is 126 g/mol. The van der Waals surface area contributed by atoms with Crippen LogP contribution in [0, 0.1) is 0 Å². The lowest BCUT2D eigenvalue weighted by atomic mass is 10.4. The Morgan fingerprint density at radius 3 is 2.33 bits per heavy atom. The van der Waals surface area contributed by atoms with Crippen molar-refractivity contribution in [2.45, 2.75) is 0 Å². The van der Waals surface area contributed by atoms with Crippen molar-refractivity contribution in [3.63, 3.8) is 0 Å². The molecule has 0 radical (unpaired) electrons. The van der Waals surface area contributed by atoms with E-state index >= 15 is 0 Å². The largest absolute Gasteiger partial charge is 0.505 e. The van der Waals surface area contributed by atoms with E-state index in [-0.39, 0.29) is 5.76 Å². The Bertz CT molecular complexity index is 145. The Morgan fingerprint density at radius 2 is 2.22 bits per heavy atom. The topological polar surface area (TPSA) is 29.5 Å². The van der Waals surface area contributed by atoms with Crippen molar-refractivity contribution in [3.05, 3.63) is 36.8 Å². The lowest BCUT2D eigenvalue weighted by molar-refractivity contribution is 0.257. The van der Waals surface area contributed by atoms with Crippen LogP contribution in [0.15, 0.2) is 36.8 Å². The molecule has 0 aromatic heterocycles. The molecule has 0 aliphatic carbocycles. The van der Waals surface area contributed by atoms with Gasteiger partial charge in [-0.25, -0.2) is 0 Å². The highest BCUT2D eigenvalue weighted by molar-refractivity contribution is 5.19. The molecule has 0 fully saturated rings. The first-order valence-corrected chi connectivity index (χ1v) is 2.47. The maximum atomic E-state index is 8.71. The zero-order valence-corrected chi connectivity index (χ0v) is 5.42. The first kappa shape index (κ1) is 7.82. The van der Waals surface area contributed by atoms with Crippen molar-refractivity contribution in [1.82, 2.24) is 0 Å². The summed E-state index contributed by atoms with van der Waals surface area (Å²) in [4.78, 5) is 0. The second kappa shape index (κ2) is 3.78. The van der Waals surface area contributed by atoms with Crippen LogP contribution in [-0.2, 0) is 4.74 Å². The van der Waals surface area contributed by atoms with Crippen molar-refractivity contribution in [2.75, 3.05) is 7.11 Å². The first-order chi connectivity index (χ1) is 4.22. The van der Waals surface area contributed by atoms with Crippen molar-refractivity contribution in [3.8, 4) is 0 Å². The summed E-state index contributed by atoms with van der Waals surface area (Å²) in [5.74, 6) is 0.252. The summed E-state index contributed by atoms with van der Waals surface area (Å²) in [5, 5.41) is 8.71. The SMILES string of the molecule is C=C/C=C(/OC)C(=C)O. The van der Waals surface area contributed by atoms with E-state index in [1.165, 1.54) is 19.3 Å². The lowest BCUT2D eigenvalue weighted by Crippen LogP contribution is -1.88. The van der Waals surface area contributed by atoms with Crippen LogP contribution in [-0.4, -0.2) is 12.2 Å². The van der Waals surface area contributed by atoms with Gasteiger partial charge in [-0.2, -0.15) is 0 Å². The van der Waals surface area contributed by atoms with E-state index in [0.29, 0.717) is 5.76 Å². The fourth-order valence-corrected chi connectivity index (χ4v) is 0.389. The molecule has 1 N–H and O–H groups in total. The van der Waals surface area contributed by atoms with Gasteiger partial charge in [-0.3, -0.25) is 0 Å². The Hall–Kier alpha value is -1.18. The number of aliphatic hydroxyl groups is 1. The van der Waals surface area contributed by atoms with Gasteiger partial charge in [-0.05, 0) is 6.08 Å². The minimum atomic E-state index is -0.0857. The van der Waals surface area contributed by atoms with Gasteiger partial charge in [-0.15, -0.1) is 0 Å². The molecule has 0 atom stereocenters. The van der Waals surface area contributed by atoms with Gasteiger partial charge in [-0.1, -0.05) is 19.2 Å². The van der Waals surface area contributed by atoms with E-state index in [2.05, 4.69) is 13.2 Å². The van der Waals surface area contributed by atoms with E-state index < -0.39 is 0 Å². The van der Waals surface area contributed by atoms with E-state index in [0.717, 1.165) is 0 Å². The predicted molar refractivity (Wildman–Crippen MR) is 37.1 cm³/mol. The van der Waals surface area contributed by atoms with Crippen LogP contribution in [0.5, 0.6) is 0 Å². The number of ether oxygens (including phenoxy) is 1. The van der Waals surface area contributed by atoms with Gasteiger partial charge in [0.1, 0.15) is 5.76 Å². The molecule has 0 saturated heterocycles. The summed E-state index contributed by atoms with van der Waals surface area (Å²) in [6.07, 6.45) is 3.04. The molecule has 0 saturated carbocycles. The highest BCUT2D eigenvalue weighted by Gasteiger charge is 1.94. The smallest absolute Gasteiger partial charge is 0.159 e. The summed E-state index contributed by atoms with van der Waals surface area (Å²) in [6.45, 7) is 6.68. The molecule has 0 amide bonds. The summed E-state index contributed by atoms with van der Waals surface area (Å²) in [7, 11) is 1.46. The molecule has 0 unspecified atom stereocenters. The molecule has 0 aromatic rings. The standard InChI is InChI=1S/C7H10O2/c1-4-5-7(9-3)6(2)8/h4-5,8H,1-2H2,3H3/b7-5+. The van der Waals surface area contributed by atoms with Gasteiger partial charge in [0, 0.05) is 0 Å². The van der Waals surface area contributed by atoms with Crippen LogP contribution in [0.2, 0.25) is 0 Å². The molecule has 0 aliphatic rings. The van der Waals surface area contributed by atoms with Gasteiger partial charge in [0.15, 0.2) is 5.76 Å². The molecular formula is C7H10O2. The molecular weight excluding hydrogens is 116 g/mol. The molecule has 0 rings (SSSR count). The fraction of sp³-hybridized carbons (Fsp3) is 0.143. The second-order valence-corrected chi connectivity index (χ2v) is 1.42. The third-order valence-electron chi connectivity index (χ3n) is 0.774. The van der Waals surface area contributed by atoms with Crippen LogP contribution in [0.1, 0.15) is 0 Å². The van der Waals surface area contributed by atoms with Gasteiger partial charge >= 0.3 is 0 Å². The Balaban J connectivity index is 4.14. The monoisotopic (exact) mass is 126 g/mol. The Labute approximate surface area is 54.8 Å². The molecule has 2 heteroatoms. The third kappa shape index (κ3) is 2.59. The molecule has 0 heterocycles. The van der Waals surface area contributed by atoms with Crippen molar-refractivity contribution >= 4 is 0 Å². The van der Waals surface area contributed by atoms with Crippen molar-refractivity contribution in [2.24, 2.45) is 0 Å². The van der Waals surface area contributed by atoms with Crippen molar-refractivity contribution in [1.29, 1.82) is 0 Å². The Morgan fingerprint density at radius 1 is 1.67 bits per heavy atom. The van der Waals surface area contributed by atoms with Crippen LogP contribution < -0.4 is 0 Å². The van der Waals surface area contributed by atoms with Gasteiger partial charge in [0.25, 0.3) is 0 Å². The number of methoxy groups -OCH3 is 1. The molecule has 0 spiro atoms. The minimum absolute atomic E-state index is 0.0857. The fourth-order valence-electron chi connectivity index (χ4n) is 0.389. The van der Waals surface area contributed by atoms with Crippen LogP contribution >= 0.6 is 0 Å². The summed E-state index contributed by atoms with van der Waals surface area (Å²) >= 11 is 0. The van der Waals surface area contributed by atoms with Gasteiger partial charge in [0.2, 0.25) is 0 Å². The first-order valence-electron chi connectivity index (χ1n) is 2.47. The summed E-state index contributed by atoms with van der Waals surface area (Å²) in [6, 6.07) is 0. The molecule has 0 bridgehead atoms. The van der Waals surface area contributed by atoms with Crippen molar-refractivity contribution < 1.29 is 9.84 Å². The molecule has 0 aromatic carbocycles. The Kier molecular flexibility index (Phi) is 3.28. The lowest BCUT2D eigenvalue weighted by Gasteiger charge is -2.00. The van der Waals surface area contributed by atoms with Crippen LogP contribution in [0.4, 0.5) is 0 Å². The number of hydrogen-bond acceptors (Lipinski definition) is 2. The minimum Gasteiger partial charge on any atom is -0.505 e. The van der Waals surface area contributed by atoms with Crippen LogP contribution in [0.3, 0.4) is 0 Å². The van der Waals surface area contributed by atoms with Crippen LogP contribution in [0.25, 0.3) is 0 Å². The predicted octanol–water partition coefficient (Wildman–Crippen LogP) is 1.77. The molecule has 50 valence electrons. The zero-order valence-electron chi connectivity index (χ0n) is 5.42. The molecule has 9 heavy (non-hydrogen) atoms. The molecule has 0 aliphatic heterocycles.